The fourth-order valence-electron chi connectivity index (χ4n) is 2.36. The lowest BCUT2D eigenvalue weighted by atomic mass is 10.1. The van der Waals surface area contributed by atoms with Gasteiger partial charge in [0.1, 0.15) is 18.1 Å². The van der Waals surface area contributed by atoms with Gasteiger partial charge < -0.3 is 9.84 Å². The van der Waals surface area contributed by atoms with Gasteiger partial charge in [-0.2, -0.15) is 0 Å². The molecule has 0 bridgehead atoms. The highest BCUT2D eigenvalue weighted by atomic mass is 32.2. The molecular weight excluding hydrogens is 288 g/mol. The van der Waals surface area contributed by atoms with Gasteiger partial charge in [0.25, 0.3) is 0 Å². The van der Waals surface area contributed by atoms with Gasteiger partial charge in [-0.1, -0.05) is 18.2 Å². The molecule has 0 aliphatic carbocycles. The SMILES string of the molecule is Cc1cccc(OCC2=CS(=O)(=O)c3cccc(O)c32)c1. The number of hydrogen-bond donors (Lipinski definition) is 1. The molecule has 1 heterocycles. The summed E-state index contributed by atoms with van der Waals surface area (Å²) in [5.41, 5.74) is 1.86. The molecule has 0 aromatic heterocycles. The van der Waals surface area contributed by atoms with Crippen molar-refractivity contribution < 1.29 is 18.3 Å². The van der Waals surface area contributed by atoms with Crippen LogP contribution in [0.1, 0.15) is 11.1 Å². The van der Waals surface area contributed by atoms with Crippen LogP contribution in [0.5, 0.6) is 11.5 Å². The van der Waals surface area contributed by atoms with Crippen LogP contribution >= 0.6 is 0 Å². The van der Waals surface area contributed by atoms with Crippen LogP contribution in [0.25, 0.3) is 5.57 Å². The molecule has 0 atom stereocenters. The molecule has 4 nitrogen and oxygen atoms in total. The van der Waals surface area contributed by atoms with Crippen molar-refractivity contribution in [1.29, 1.82) is 0 Å². The summed E-state index contributed by atoms with van der Waals surface area (Å²) in [6.07, 6.45) is 0. The minimum atomic E-state index is -3.49. The number of hydrogen-bond acceptors (Lipinski definition) is 4. The number of aromatic hydroxyl groups is 1. The molecule has 2 aromatic rings. The summed E-state index contributed by atoms with van der Waals surface area (Å²) in [4.78, 5) is 0.130. The fraction of sp³-hybridized carbons (Fsp3) is 0.125. The Hall–Kier alpha value is -2.27. The predicted molar refractivity (Wildman–Crippen MR) is 79.9 cm³/mol. The summed E-state index contributed by atoms with van der Waals surface area (Å²) in [5.74, 6) is 0.616. The third kappa shape index (κ3) is 2.52. The standard InChI is InChI=1S/C16H14O4S/c1-11-4-2-5-13(8-11)20-9-12-10-21(18,19)15-7-3-6-14(17)16(12)15/h2-8,10,17H,9H2,1H3. The molecule has 0 fully saturated rings. The van der Waals surface area contributed by atoms with Crippen LogP contribution in [0.4, 0.5) is 0 Å². The zero-order valence-electron chi connectivity index (χ0n) is 11.4. The van der Waals surface area contributed by atoms with Gasteiger partial charge in [-0.05, 0) is 36.8 Å². The van der Waals surface area contributed by atoms with E-state index in [0.29, 0.717) is 16.9 Å². The van der Waals surface area contributed by atoms with E-state index in [1.807, 2.05) is 31.2 Å². The van der Waals surface area contributed by atoms with Crippen LogP contribution in [-0.2, 0) is 9.84 Å². The summed E-state index contributed by atoms with van der Waals surface area (Å²) in [6.45, 7) is 2.04. The summed E-state index contributed by atoms with van der Waals surface area (Å²) < 4.78 is 29.7. The van der Waals surface area contributed by atoms with Gasteiger partial charge >= 0.3 is 0 Å². The summed E-state index contributed by atoms with van der Waals surface area (Å²) >= 11 is 0. The second kappa shape index (κ2) is 4.93. The van der Waals surface area contributed by atoms with E-state index in [4.69, 9.17) is 4.74 Å². The third-order valence-corrected chi connectivity index (χ3v) is 4.86. The predicted octanol–water partition coefficient (Wildman–Crippen LogP) is 2.91. The molecule has 1 aliphatic rings. The third-order valence-electron chi connectivity index (χ3n) is 3.31. The molecule has 0 saturated carbocycles. The van der Waals surface area contributed by atoms with Gasteiger partial charge in [0, 0.05) is 16.5 Å². The van der Waals surface area contributed by atoms with Crippen molar-refractivity contribution in [2.75, 3.05) is 6.61 Å². The number of benzene rings is 2. The average Bonchev–Trinajstić information content (AvgIpc) is 2.69. The molecule has 3 rings (SSSR count). The number of phenols is 1. The number of aryl methyl sites for hydroxylation is 1. The molecule has 1 N–H and O–H groups in total. The van der Waals surface area contributed by atoms with Crippen molar-refractivity contribution in [2.24, 2.45) is 0 Å². The Morgan fingerprint density at radius 3 is 2.67 bits per heavy atom. The van der Waals surface area contributed by atoms with Gasteiger partial charge in [-0.3, -0.25) is 0 Å². The lowest BCUT2D eigenvalue weighted by Gasteiger charge is -2.09. The van der Waals surface area contributed by atoms with Gasteiger partial charge in [0.05, 0.1) is 4.90 Å². The van der Waals surface area contributed by atoms with E-state index >= 15 is 0 Å². The molecule has 5 heteroatoms. The van der Waals surface area contributed by atoms with Crippen LogP contribution < -0.4 is 4.74 Å². The number of sulfone groups is 1. The van der Waals surface area contributed by atoms with Crippen molar-refractivity contribution in [1.82, 2.24) is 0 Å². The molecule has 0 spiro atoms. The molecule has 0 radical (unpaired) electrons. The van der Waals surface area contributed by atoms with Crippen molar-refractivity contribution in [3.8, 4) is 11.5 Å². The lowest BCUT2D eigenvalue weighted by molar-refractivity contribution is 0.368. The topological polar surface area (TPSA) is 63.6 Å². The first-order valence-electron chi connectivity index (χ1n) is 6.45. The number of ether oxygens (including phenoxy) is 1. The van der Waals surface area contributed by atoms with E-state index in [1.165, 1.54) is 18.2 Å². The number of phenolic OH excluding ortho intramolecular Hbond substituents is 1. The maximum absolute atomic E-state index is 12.0. The van der Waals surface area contributed by atoms with E-state index in [-0.39, 0.29) is 17.3 Å². The molecule has 2 aromatic carbocycles. The number of fused-ring (bicyclic) bond motifs is 1. The first kappa shape index (κ1) is 13.7. The Balaban J connectivity index is 1.91. The Bertz CT molecular complexity index is 835. The highest BCUT2D eigenvalue weighted by molar-refractivity contribution is 7.95. The highest BCUT2D eigenvalue weighted by Crippen LogP contribution is 2.39. The largest absolute Gasteiger partial charge is 0.507 e. The van der Waals surface area contributed by atoms with Gasteiger partial charge in [0.2, 0.25) is 9.84 Å². The summed E-state index contributed by atoms with van der Waals surface area (Å²) in [6, 6.07) is 12.0. The number of rotatable bonds is 3. The monoisotopic (exact) mass is 302 g/mol. The van der Waals surface area contributed by atoms with Crippen LogP contribution in [0, 0.1) is 6.92 Å². The summed E-state index contributed by atoms with van der Waals surface area (Å²) in [7, 11) is -3.49. The zero-order chi connectivity index (χ0) is 15.0. The summed E-state index contributed by atoms with van der Waals surface area (Å²) in [5, 5.41) is 11.1. The van der Waals surface area contributed by atoms with E-state index in [2.05, 4.69) is 0 Å². The lowest BCUT2D eigenvalue weighted by Crippen LogP contribution is -2.00. The molecule has 108 valence electrons. The van der Waals surface area contributed by atoms with Crippen LogP contribution in [0.2, 0.25) is 0 Å². The molecule has 1 aliphatic heterocycles. The molecule has 21 heavy (non-hydrogen) atoms. The first-order valence-corrected chi connectivity index (χ1v) is 7.99. The Labute approximate surface area is 123 Å². The fourth-order valence-corrected chi connectivity index (χ4v) is 3.84. The Morgan fingerprint density at radius 1 is 1.14 bits per heavy atom. The van der Waals surface area contributed by atoms with Crippen molar-refractivity contribution >= 4 is 15.4 Å². The quantitative estimate of drug-likeness (QED) is 0.947. The van der Waals surface area contributed by atoms with Crippen molar-refractivity contribution in [3.63, 3.8) is 0 Å². The van der Waals surface area contributed by atoms with Gasteiger partial charge in [-0.25, -0.2) is 8.42 Å². The Kier molecular flexibility index (Phi) is 3.22. The zero-order valence-corrected chi connectivity index (χ0v) is 12.2. The average molecular weight is 302 g/mol. The van der Waals surface area contributed by atoms with Crippen molar-refractivity contribution in [2.45, 2.75) is 11.8 Å². The maximum atomic E-state index is 12.0. The molecule has 0 amide bonds. The van der Waals surface area contributed by atoms with Crippen LogP contribution in [0.15, 0.2) is 52.8 Å². The van der Waals surface area contributed by atoms with E-state index in [0.717, 1.165) is 11.0 Å². The molecule has 0 unspecified atom stereocenters. The first-order chi connectivity index (χ1) is 9.97. The minimum Gasteiger partial charge on any atom is -0.507 e. The molecule has 0 saturated heterocycles. The van der Waals surface area contributed by atoms with Crippen LogP contribution in [0.3, 0.4) is 0 Å². The second-order valence-corrected chi connectivity index (χ2v) is 6.71. The highest BCUT2D eigenvalue weighted by Gasteiger charge is 2.29. The Morgan fingerprint density at radius 2 is 1.90 bits per heavy atom. The van der Waals surface area contributed by atoms with Crippen LogP contribution in [-0.4, -0.2) is 20.1 Å². The van der Waals surface area contributed by atoms with Crippen molar-refractivity contribution in [3.05, 3.63) is 59.0 Å². The van der Waals surface area contributed by atoms with E-state index in [1.54, 1.807) is 0 Å². The maximum Gasteiger partial charge on any atom is 0.200 e. The van der Waals surface area contributed by atoms with Gasteiger partial charge in [-0.15, -0.1) is 0 Å². The smallest absolute Gasteiger partial charge is 0.200 e. The van der Waals surface area contributed by atoms with Gasteiger partial charge in [0.15, 0.2) is 0 Å². The van der Waals surface area contributed by atoms with E-state index < -0.39 is 9.84 Å². The minimum absolute atomic E-state index is 0.0485. The second-order valence-electron chi connectivity index (χ2n) is 4.94. The molecular formula is C16H14O4S. The van der Waals surface area contributed by atoms with E-state index in [9.17, 15) is 13.5 Å². The normalized spacial score (nSPS) is 15.4.